The first kappa shape index (κ1) is 9.96. The Morgan fingerprint density at radius 1 is 0.417 bits per heavy atom. The van der Waals surface area contributed by atoms with Gasteiger partial charge in [0.25, 0.3) is 0 Å². The molecule has 0 spiro atoms. The highest BCUT2D eigenvalue weighted by Crippen LogP contribution is 1.96. The van der Waals surface area contributed by atoms with Crippen molar-refractivity contribution in [3.8, 4) is 0 Å². The molecule has 3 N–H and O–H groups in total. The van der Waals surface area contributed by atoms with Gasteiger partial charge in [0.2, 0.25) is 0 Å². The highest BCUT2D eigenvalue weighted by atomic mass is 15.0. The van der Waals surface area contributed by atoms with Gasteiger partial charge in [-0.3, -0.25) is 0 Å². The summed E-state index contributed by atoms with van der Waals surface area (Å²) in [6, 6.07) is 0. The van der Waals surface area contributed by atoms with E-state index in [1.807, 2.05) is 0 Å². The van der Waals surface area contributed by atoms with E-state index in [0.29, 0.717) is 0 Å². The molecule has 3 heteroatoms. The molecule has 2 heterocycles. The molecule has 0 atom stereocenters. The summed E-state index contributed by atoms with van der Waals surface area (Å²) in [7, 11) is 0. The van der Waals surface area contributed by atoms with Gasteiger partial charge >= 0.3 is 0 Å². The van der Waals surface area contributed by atoms with E-state index in [1.54, 1.807) is 0 Å². The Bertz CT molecular complexity index is 52.8. The first-order chi connectivity index (χ1) is 6.00. The van der Waals surface area contributed by atoms with Crippen molar-refractivity contribution in [3.05, 3.63) is 0 Å². The zero-order valence-corrected chi connectivity index (χ0v) is 7.86. The van der Waals surface area contributed by atoms with Gasteiger partial charge in [-0.15, -0.1) is 0 Å². The number of hydrogen-bond donors (Lipinski definition) is 3. The molecule has 72 valence electrons. The fraction of sp³-hybridized carbons (Fsp3) is 1.00. The maximum atomic E-state index is 3.28. The number of hydrogen-bond acceptors (Lipinski definition) is 3. The molecule has 2 rings (SSSR count). The lowest BCUT2D eigenvalue weighted by atomic mass is 10.2. The predicted molar refractivity (Wildman–Crippen MR) is 52.5 cm³/mol. The SMILES string of the molecule is C1CCNCC1.C1CNCCN1. The Labute approximate surface area is 75.3 Å². The van der Waals surface area contributed by atoms with Gasteiger partial charge in [-0.05, 0) is 25.9 Å². The normalized spacial score (nSPS) is 24.0. The van der Waals surface area contributed by atoms with Crippen LogP contribution >= 0.6 is 0 Å². The Balaban J connectivity index is 0.000000120. The summed E-state index contributed by atoms with van der Waals surface area (Å²) >= 11 is 0. The van der Waals surface area contributed by atoms with Crippen molar-refractivity contribution in [2.75, 3.05) is 39.3 Å². The van der Waals surface area contributed by atoms with Crippen LogP contribution in [0.25, 0.3) is 0 Å². The van der Waals surface area contributed by atoms with Gasteiger partial charge in [-0.2, -0.15) is 0 Å². The van der Waals surface area contributed by atoms with Crippen molar-refractivity contribution in [2.24, 2.45) is 0 Å². The molecule has 0 aliphatic carbocycles. The van der Waals surface area contributed by atoms with E-state index >= 15 is 0 Å². The highest BCUT2D eigenvalue weighted by Gasteiger charge is 1.93. The van der Waals surface area contributed by atoms with Gasteiger partial charge in [0.05, 0.1) is 0 Å². The molecule has 12 heavy (non-hydrogen) atoms. The fourth-order valence-electron chi connectivity index (χ4n) is 1.41. The summed E-state index contributed by atoms with van der Waals surface area (Å²) in [4.78, 5) is 0. The fourth-order valence-corrected chi connectivity index (χ4v) is 1.41. The molecule has 0 amide bonds. The maximum absolute atomic E-state index is 3.28. The molecule has 3 nitrogen and oxygen atoms in total. The van der Waals surface area contributed by atoms with Crippen LogP contribution in [0.3, 0.4) is 0 Å². The van der Waals surface area contributed by atoms with E-state index in [1.165, 1.54) is 32.4 Å². The molecular formula is C9H21N3. The minimum absolute atomic E-state index is 1.14. The summed E-state index contributed by atoms with van der Waals surface area (Å²) in [5.74, 6) is 0. The van der Waals surface area contributed by atoms with Crippen molar-refractivity contribution >= 4 is 0 Å². The topological polar surface area (TPSA) is 36.1 Å². The Kier molecular flexibility index (Phi) is 6.25. The van der Waals surface area contributed by atoms with Crippen LogP contribution in [0.2, 0.25) is 0 Å². The standard InChI is InChI=1S/C5H11N.C4H10N2/c1-2-4-6-5-3-1;1-2-6-4-3-5-1/h6H,1-5H2;5-6H,1-4H2. The summed E-state index contributed by atoms with van der Waals surface area (Å²) in [6.45, 7) is 7.06. The first-order valence-corrected chi connectivity index (χ1v) is 5.12. The Morgan fingerprint density at radius 2 is 0.833 bits per heavy atom. The number of piperazine rings is 1. The molecule has 2 aliphatic rings. The monoisotopic (exact) mass is 171 g/mol. The van der Waals surface area contributed by atoms with Crippen LogP contribution in [0.15, 0.2) is 0 Å². The minimum Gasteiger partial charge on any atom is -0.317 e. The number of nitrogens with one attached hydrogen (secondary N) is 3. The summed E-state index contributed by atoms with van der Waals surface area (Å²) in [5, 5.41) is 9.73. The van der Waals surface area contributed by atoms with Crippen LogP contribution in [-0.2, 0) is 0 Å². The Morgan fingerprint density at radius 3 is 1.00 bits per heavy atom. The Hall–Kier alpha value is -0.120. The third kappa shape index (κ3) is 5.52. The minimum atomic E-state index is 1.14. The van der Waals surface area contributed by atoms with Crippen LogP contribution in [0.4, 0.5) is 0 Å². The van der Waals surface area contributed by atoms with Gasteiger partial charge in [0.1, 0.15) is 0 Å². The zero-order valence-electron chi connectivity index (χ0n) is 7.86. The van der Waals surface area contributed by atoms with Gasteiger partial charge in [-0.25, -0.2) is 0 Å². The molecule has 0 radical (unpaired) electrons. The second-order valence-corrected chi connectivity index (χ2v) is 3.31. The largest absolute Gasteiger partial charge is 0.317 e. The smallest absolute Gasteiger partial charge is 0.00772 e. The van der Waals surface area contributed by atoms with E-state index in [0.717, 1.165) is 26.2 Å². The van der Waals surface area contributed by atoms with Gasteiger partial charge in [-0.1, -0.05) is 6.42 Å². The quantitative estimate of drug-likeness (QED) is 0.478. The van der Waals surface area contributed by atoms with Crippen LogP contribution in [0.5, 0.6) is 0 Å². The number of piperidine rings is 1. The zero-order chi connectivity index (χ0) is 8.49. The second kappa shape index (κ2) is 7.53. The third-order valence-corrected chi connectivity index (χ3v) is 2.16. The van der Waals surface area contributed by atoms with E-state index in [2.05, 4.69) is 16.0 Å². The van der Waals surface area contributed by atoms with Crippen molar-refractivity contribution in [3.63, 3.8) is 0 Å². The molecule has 0 aromatic heterocycles. The molecule has 0 aromatic carbocycles. The van der Waals surface area contributed by atoms with E-state index in [-0.39, 0.29) is 0 Å². The second-order valence-electron chi connectivity index (χ2n) is 3.31. The van der Waals surface area contributed by atoms with Crippen molar-refractivity contribution in [1.82, 2.24) is 16.0 Å². The van der Waals surface area contributed by atoms with Gasteiger partial charge in [0.15, 0.2) is 0 Å². The molecule has 2 aliphatic heterocycles. The number of rotatable bonds is 0. The average molecular weight is 171 g/mol. The lowest BCUT2D eigenvalue weighted by Crippen LogP contribution is -2.39. The first-order valence-electron chi connectivity index (χ1n) is 5.12. The van der Waals surface area contributed by atoms with E-state index in [9.17, 15) is 0 Å². The van der Waals surface area contributed by atoms with E-state index < -0.39 is 0 Å². The lowest BCUT2D eigenvalue weighted by Gasteiger charge is -2.11. The molecule has 0 aromatic rings. The molecule has 0 bridgehead atoms. The van der Waals surface area contributed by atoms with E-state index in [4.69, 9.17) is 0 Å². The predicted octanol–water partition coefficient (Wildman–Crippen LogP) is -0.0609. The van der Waals surface area contributed by atoms with Gasteiger partial charge < -0.3 is 16.0 Å². The summed E-state index contributed by atoms with van der Waals surface area (Å²) in [5.41, 5.74) is 0. The highest BCUT2D eigenvalue weighted by molar-refractivity contribution is 4.59. The molecule has 2 fully saturated rings. The summed E-state index contributed by atoms with van der Waals surface area (Å²) < 4.78 is 0. The van der Waals surface area contributed by atoms with Crippen LogP contribution in [0.1, 0.15) is 19.3 Å². The van der Waals surface area contributed by atoms with Crippen LogP contribution in [-0.4, -0.2) is 39.3 Å². The van der Waals surface area contributed by atoms with Crippen molar-refractivity contribution in [1.29, 1.82) is 0 Å². The molecule has 0 unspecified atom stereocenters. The molecular weight excluding hydrogens is 150 g/mol. The van der Waals surface area contributed by atoms with Crippen LogP contribution < -0.4 is 16.0 Å². The third-order valence-electron chi connectivity index (χ3n) is 2.16. The average Bonchev–Trinajstić information content (AvgIpc) is 2.24. The molecule has 0 saturated carbocycles. The van der Waals surface area contributed by atoms with Crippen molar-refractivity contribution < 1.29 is 0 Å². The van der Waals surface area contributed by atoms with Gasteiger partial charge in [0, 0.05) is 26.2 Å². The van der Waals surface area contributed by atoms with Crippen LogP contribution in [0, 0.1) is 0 Å². The summed E-state index contributed by atoms with van der Waals surface area (Å²) in [6.07, 6.45) is 4.22. The molecule has 2 saturated heterocycles. The van der Waals surface area contributed by atoms with Crippen molar-refractivity contribution in [2.45, 2.75) is 19.3 Å². The maximum Gasteiger partial charge on any atom is 0.00772 e. The lowest BCUT2D eigenvalue weighted by molar-refractivity contribution is 0.520.